The lowest BCUT2D eigenvalue weighted by Gasteiger charge is -2.04. The van der Waals surface area contributed by atoms with Gasteiger partial charge in [0.05, 0.1) is 17.7 Å². The maximum absolute atomic E-state index is 10.6. The third-order valence-electron chi connectivity index (χ3n) is 3.81. The van der Waals surface area contributed by atoms with Crippen molar-refractivity contribution < 1.29 is 19.7 Å². The Hall–Kier alpha value is -2.45. The first-order chi connectivity index (χ1) is 12.0. The standard InChI is InChI=1S/C17H16N2O4S2/c1-23-11-4-5-13-12(8-11)10(9-18-13)7-14-16(22)19(17(24)25-14)6-2-3-15(20)21/h4-5,7-9,22H,2-3,6H2,1H3,(H,20,21)/b10-7-. The first kappa shape index (κ1) is 17.4. The van der Waals surface area contributed by atoms with Crippen LogP contribution < -0.4 is 4.74 Å². The third-order valence-corrected chi connectivity index (χ3v) is 5.20. The van der Waals surface area contributed by atoms with E-state index in [0.717, 1.165) is 22.6 Å². The molecule has 25 heavy (non-hydrogen) atoms. The number of nitrogens with zero attached hydrogens (tertiary/aromatic N) is 2. The van der Waals surface area contributed by atoms with Gasteiger partial charge in [-0.15, -0.1) is 11.3 Å². The zero-order valence-electron chi connectivity index (χ0n) is 13.4. The van der Waals surface area contributed by atoms with Gasteiger partial charge in [0.1, 0.15) is 5.75 Å². The van der Waals surface area contributed by atoms with E-state index in [9.17, 15) is 9.90 Å². The van der Waals surface area contributed by atoms with Gasteiger partial charge in [-0.2, -0.15) is 0 Å². The fraction of sp³-hybridized carbons (Fsp3) is 0.235. The molecule has 1 aromatic heterocycles. The Morgan fingerprint density at radius 2 is 2.28 bits per heavy atom. The third kappa shape index (κ3) is 3.64. The van der Waals surface area contributed by atoms with Crippen LogP contribution >= 0.6 is 23.6 Å². The van der Waals surface area contributed by atoms with Crippen LogP contribution in [0.3, 0.4) is 0 Å². The Kier molecular flexibility index (Phi) is 5.00. The van der Waals surface area contributed by atoms with Crippen LogP contribution in [0.25, 0.3) is 11.6 Å². The smallest absolute Gasteiger partial charge is 0.303 e. The number of aliphatic carboxylic acids is 1. The summed E-state index contributed by atoms with van der Waals surface area (Å²) in [5.74, 6) is -0.0767. The van der Waals surface area contributed by atoms with E-state index < -0.39 is 5.97 Å². The molecule has 0 bridgehead atoms. The molecular weight excluding hydrogens is 360 g/mol. The summed E-state index contributed by atoms with van der Waals surface area (Å²) in [5, 5.41) is 19.2. The molecule has 130 valence electrons. The van der Waals surface area contributed by atoms with Crippen LogP contribution in [0.1, 0.15) is 23.3 Å². The molecule has 0 radical (unpaired) electrons. The van der Waals surface area contributed by atoms with E-state index in [1.54, 1.807) is 17.9 Å². The number of fused-ring (bicyclic) bond motifs is 1. The minimum Gasteiger partial charge on any atom is -0.497 e. The fourth-order valence-electron chi connectivity index (χ4n) is 2.54. The van der Waals surface area contributed by atoms with E-state index in [2.05, 4.69) is 4.99 Å². The van der Waals surface area contributed by atoms with Gasteiger partial charge in [0.25, 0.3) is 0 Å². The number of ether oxygens (including phenoxy) is 1. The van der Waals surface area contributed by atoms with Crippen molar-refractivity contribution in [2.45, 2.75) is 19.4 Å². The van der Waals surface area contributed by atoms with Crippen LogP contribution in [0.2, 0.25) is 0 Å². The SMILES string of the molecule is COc1ccc2c(c1)/C(=C\c1sc(=S)n(CCCC(=O)O)c1O)C=N2. The molecule has 0 saturated heterocycles. The van der Waals surface area contributed by atoms with Gasteiger partial charge in [0.15, 0.2) is 3.95 Å². The quantitative estimate of drug-likeness (QED) is 0.741. The first-order valence-corrected chi connectivity index (χ1v) is 8.80. The number of carboxylic acids is 1. The summed E-state index contributed by atoms with van der Waals surface area (Å²) in [7, 11) is 1.61. The number of rotatable bonds is 6. The number of methoxy groups -OCH3 is 1. The zero-order valence-corrected chi connectivity index (χ0v) is 15.1. The van der Waals surface area contributed by atoms with Crippen LogP contribution in [-0.2, 0) is 11.3 Å². The van der Waals surface area contributed by atoms with Gasteiger partial charge in [-0.05, 0) is 42.9 Å². The Bertz CT molecular complexity index is 941. The van der Waals surface area contributed by atoms with Gasteiger partial charge >= 0.3 is 5.97 Å². The second-order valence-electron chi connectivity index (χ2n) is 5.45. The molecule has 1 aliphatic heterocycles. The van der Waals surface area contributed by atoms with Crippen molar-refractivity contribution in [1.29, 1.82) is 0 Å². The van der Waals surface area contributed by atoms with Crippen molar-refractivity contribution in [3.8, 4) is 11.6 Å². The summed E-state index contributed by atoms with van der Waals surface area (Å²) >= 11 is 6.57. The number of carboxylic acid groups (broad SMARTS) is 1. The molecule has 3 rings (SSSR count). The molecule has 1 aromatic carbocycles. The van der Waals surface area contributed by atoms with Crippen LogP contribution in [0.15, 0.2) is 23.2 Å². The van der Waals surface area contributed by atoms with Gasteiger partial charge in [-0.1, -0.05) is 0 Å². The lowest BCUT2D eigenvalue weighted by Crippen LogP contribution is -2.01. The molecule has 0 aliphatic carbocycles. The maximum atomic E-state index is 10.6. The van der Waals surface area contributed by atoms with Gasteiger partial charge in [-0.3, -0.25) is 14.4 Å². The van der Waals surface area contributed by atoms with Crippen LogP contribution in [0, 0.1) is 3.95 Å². The van der Waals surface area contributed by atoms with E-state index in [-0.39, 0.29) is 12.3 Å². The highest BCUT2D eigenvalue weighted by atomic mass is 32.1. The lowest BCUT2D eigenvalue weighted by molar-refractivity contribution is -0.137. The number of thiazole rings is 1. The second-order valence-corrected chi connectivity index (χ2v) is 7.12. The summed E-state index contributed by atoms with van der Waals surface area (Å²) in [4.78, 5) is 15.6. The fourth-order valence-corrected chi connectivity index (χ4v) is 3.86. The van der Waals surface area contributed by atoms with Gasteiger partial charge in [-0.25, -0.2) is 0 Å². The van der Waals surface area contributed by atoms with Crippen molar-refractivity contribution in [2.75, 3.05) is 7.11 Å². The molecule has 0 fully saturated rings. The largest absolute Gasteiger partial charge is 0.497 e. The van der Waals surface area contributed by atoms with E-state index in [0.29, 0.717) is 21.8 Å². The topological polar surface area (TPSA) is 84.0 Å². The Labute approximate surface area is 153 Å². The highest BCUT2D eigenvalue weighted by Gasteiger charge is 2.16. The lowest BCUT2D eigenvalue weighted by atomic mass is 10.1. The van der Waals surface area contributed by atoms with Gasteiger partial charge < -0.3 is 14.9 Å². The molecule has 0 saturated carbocycles. The van der Waals surface area contributed by atoms with Crippen molar-refractivity contribution >= 4 is 53.1 Å². The Balaban J connectivity index is 1.90. The average molecular weight is 376 g/mol. The summed E-state index contributed by atoms with van der Waals surface area (Å²) in [6.45, 7) is 0.370. The van der Waals surface area contributed by atoms with Crippen LogP contribution in [-0.4, -0.2) is 34.1 Å². The van der Waals surface area contributed by atoms with Crippen molar-refractivity contribution in [2.24, 2.45) is 4.99 Å². The second kappa shape index (κ2) is 7.20. The Morgan fingerprint density at radius 3 is 3.00 bits per heavy atom. The molecule has 2 aromatic rings. The first-order valence-electron chi connectivity index (χ1n) is 7.58. The monoisotopic (exact) mass is 376 g/mol. The molecule has 0 unspecified atom stereocenters. The van der Waals surface area contributed by atoms with E-state index in [4.69, 9.17) is 22.1 Å². The molecule has 2 heterocycles. The predicted octanol–water partition coefficient (Wildman–Crippen LogP) is 4.11. The molecule has 6 nitrogen and oxygen atoms in total. The van der Waals surface area contributed by atoms with Crippen molar-refractivity contribution in [3.05, 3.63) is 32.6 Å². The number of allylic oxidation sites excluding steroid dienone is 1. The van der Waals surface area contributed by atoms with Crippen LogP contribution in [0.5, 0.6) is 11.6 Å². The molecule has 0 atom stereocenters. The minimum absolute atomic E-state index is 0.0350. The van der Waals surface area contributed by atoms with Gasteiger partial charge in [0, 0.05) is 30.3 Å². The summed E-state index contributed by atoms with van der Waals surface area (Å²) in [6, 6.07) is 5.62. The molecule has 8 heteroatoms. The van der Waals surface area contributed by atoms with Crippen molar-refractivity contribution in [3.63, 3.8) is 0 Å². The normalized spacial score (nSPS) is 14.0. The number of hydrogen-bond donors (Lipinski definition) is 2. The van der Waals surface area contributed by atoms with Crippen molar-refractivity contribution in [1.82, 2.24) is 4.57 Å². The summed E-state index contributed by atoms with van der Waals surface area (Å²) in [5.41, 5.74) is 2.63. The number of benzene rings is 1. The highest BCUT2D eigenvalue weighted by molar-refractivity contribution is 7.73. The maximum Gasteiger partial charge on any atom is 0.303 e. The van der Waals surface area contributed by atoms with Gasteiger partial charge in [0.2, 0.25) is 5.88 Å². The minimum atomic E-state index is -0.865. The Morgan fingerprint density at radius 1 is 1.48 bits per heavy atom. The summed E-state index contributed by atoms with van der Waals surface area (Å²) < 4.78 is 7.32. The van der Waals surface area contributed by atoms with Crippen LogP contribution in [0.4, 0.5) is 5.69 Å². The highest BCUT2D eigenvalue weighted by Crippen LogP contribution is 2.37. The number of aliphatic imine (C=N–C) groups is 1. The molecule has 2 N–H and O–H groups in total. The van der Waals surface area contributed by atoms with E-state index >= 15 is 0 Å². The molecule has 0 spiro atoms. The summed E-state index contributed by atoms with van der Waals surface area (Å²) in [6.07, 6.45) is 4.01. The molecular formula is C17H16N2O4S2. The predicted molar refractivity (Wildman–Crippen MR) is 101 cm³/mol. The zero-order chi connectivity index (χ0) is 18.0. The molecule has 0 amide bonds. The average Bonchev–Trinajstić information content (AvgIpc) is 3.10. The number of aromatic hydroxyl groups is 1. The number of carbonyl (C=O) groups is 1. The van der Waals surface area contributed by atoms with E-state index in [1.807, 2.05) is 24.3 Å². The van der Waals surface area contributed by atoms with E-state index in [1.165, 1.54) is 11.3 Å². The number of aromatic nitrogens is 1. The molecule has 1 aliphatic rings. The number of hydrogen-bond acceptors (Lipinski definition) is 6.